The largest absolute Gasteiger partial charge is 0.383 e. The number of aromatic amines is 1. The number of imidazole rings is 1. The molecule has 1 heterocycles. The highest BCUT2D eigenvalue weighted by molar-refractivity contribution is 6.10. The fourth-order valence-electron chi connectivity index (χ4n) is 2.20. The molecule has 0 amide bonds. The molecule has 0 aliphatic heterocycles. The van der Waals surface area contributed by atoms with E-state index < -0.39 is 5.60 Å². The maximum absolute atomic E-state index is 12.4. The Morgan fingerprint density at radius 3 is 2.48 bits per heavy atom. The second-order valence-corrected chi connectivity index (χ2v) is 5.57. The van der Waals surface area contributed by atoms with Gasteiger partial charge >= 0.3 is 0 Å². The van der Waals surface area contributed by atoms with Crippen molar-refractivity contribution in [3.05, 3.63) is 65.5 Å². The molecule has 0 saturated heterocycles. The van der Waals surface area contributed by atoms with Crippen LogP contribution in [0.5, 0.6) is 0 Å². The van der Waals surface area contributed by atoms with Crippen LogP contribution in [-0.2, 0) is 5.60 Å². The monoisotopic (exact) mass is 280 g/mol. The number of hydrogen-bond acceptors (Lipinski definition) is 3. The first-order valence-electron chi connectivity index (χ1n) is 6.77. The van der Waals surface area contributed by atoms with Crippen LogP contribution in [-0.4, -0.2) is 20.9 Å². The lowest BCUT2D eigenvalue weighted by Gasteiger charge is -2.12. The van der Waals surface area contributed by atoms with Crippen LogP contribution >= 0.6 is 0 Å². The molecule has 4 heteroatoms. The van der Waals surface area contributed by atoms with Crippen LogP contribution in [0.15, 0.2) is 48.5 Å². The zero-order valence-electron chi connectivity index (χ0n) is 11.9. The highest BCUT2D eigenvalue weighted by Crippen LogP contribution is 2.22. The third-order valence-corrected chi connectivity index (χ3v) is 3.36. The summed E-state index contributed by atoms with van der Waals surface area (Å²) in [7, 11) is 0. The molecule has 0 fully saturated rings. The molecule has 0 unspecified atom stereocenters. The predicted octanol–water partition coefficient (Wildman–Crippen LogP) is 3.02. The van der Waals surface area contributed by atoms with Crippen LogP contribution in [0, 0.1) is 0 Å². The van der Waals surface area contributed by atoms with Crippen molar-refractivity contribution < 1.29 is 9.90 Å². The second-order valence-electron chi connectivity index (χ2n) is 5.57. The van der Waals surface area contributed by atoms with Crippen molar-refractivity contribution in [1.82, 2.24) is 9.97 Å². The van der Waals surface area contributed by atoms with E-state index in [1.807, 2.05) is 18.2 Å². The van der Waals surface area contributed by atoms with Crippen molar-refractivity contribution in [3.63, 3.8) is 0 Å². The molecule has 0 saturated carbocycles. The Morgan fingerprint density at radius 2 is 1.81 bits per heavy atom. The Bertz CT molecular complexity index is 799. The molecule has 3 aromatic rings. The molecule has 0 spiro atoms. The predicted molar refractivity (Wildman–Crippen MR) is 81.2 cm³/mol. The first-order chi connectivity index (χ1) is 9.95. The molecule has 21 heavy (non-hydrogen) atoms. The Balaban J connectivity index is 2.03. The molecule has 2 aromatic carbocycles. The molecule has 0 aliphatic carbocycles. The van der Waals surface area contributed by atoms with Gasteiger partial charge in [0.2, 0.25) is 0 Å². The minimum Gasteiger partial charge on any atom is -0.383 e. The molecule has 4 nitrogen and oxygen atoms in total. The number of H-pyrrole nitrogens is 1. The molecule has 106 valence electrons. The Hall–Kier alpha value is -2.46. The number of carbonyl (C=O) groups is 1. The van der Waals surface area contributed by atoms with Crippen LogP contribution in [0.2, 0.25) is 0 Å². The number of aliphatic hydroxyl groups is 1. The third kappa shape index (κ3) is 2.58. The van der Waals surface area contributed by atoms with Gasteiger partial charge in [0, 0.05) is 11.1 Å². The first kappa shape index (κ1) is 13.5. The first-order valence-corrected chi connectivity index (χ1v) is 6.77. The lowest BCUT2D eigenvalue weighted by molar-refractivity contribution is 0.0700. The number of ketones is 1. The molecule has 3 rings (SSSR count). The van der Waals surface area contributed by atoms with Crippen LogP contribution in [0.25, 0.3) is 11.0 Å². The Morgan fingerprint density at radius 1 is 1.10 bits per heavy atom. The van der Waals surface area contributed by atoms with Gasteiger partial charge < -0.3 is 10.1 Å². The molecule has 0 aliphatic rings. The quantitative estimate of drug-likeness (QED) is 0.725. The minimum absolute atomic E-state index is 0.0306. The van der Waals surface area contributed by atoms with Gasteiger partial charge in [-0.1, -0.05) is 30.3 Å². The fraction of sp³-hybridized carbons (Fsp3) is 0.176. The number of aromatic nitrogens is 2. The van der Waals surface area contributed by atoms with E-state index >= 15 is 0 Å². The summed E-state index contributed by atoms with van der Waals surface area (Å²) in [6, 6.07) is 14.5. The van der Waals surface area contributed by atoms with Crippen molar-refractivity contribution in [2.45, 2.75) is 19.4 Å². The smallest absolute Gasteiger partial charge is 0.193 e. The number of hydrogen-bond donors (Lipinski definition) is 2. The van der Waals surface area contributed by atoms with E-state index in [-0.39, 0.29) is 5.78 Å². The molecule has 0 atom stereocenters. The van der Waals surface area contributed by atoms with Gasteiger partial charge in [0.1, 0.15) is 11.4 Å². The second kappa shape index (κ2) is 4.82. The van der Waals surface area contributed by atoms with E-state index in [4.69, 9.17) is 0 Å². The molecule has 0 radical (unpaired) electrons. The van der Waals surface area contributed by atoms with Gasteiger partial charge in [-0.2, -0.15) is 0 Å². The summed E-state index contributed by atoms with van der Waals surface area (Å²) in [4.78, 5) is 19.8. The highest BCUT2D eigenvalue weighted by atomic mass is 16.3. The number of carbonyl (C=O) groups excluding carboxylic acids is 1. The maximum atomic E-state index is 12.4. The summed E-state index contributed by atoms with van der Waals surface area (Å²) in [6.45, 7) is 3.33. The van der Waals surface area contributed by atoms with E-state index in [0.717, 1.165) is 11.0 Å². The zero-order chi connectivity index (χ0) is 15.0. The summed E-state index contributed by atoms with van der Waals surface area (Å²) in [6.07, 6.45) is 0. The summed E-state index contributed by atoms with van der Waals surface area (Å²) in [5.41, 5.74) is 1.69. The summed E-state index contributed by atoms with van der Waals surface area (Å²) in [5, 5.41) is 9.99. The standard InChI is InChI=1S/C17H16N2O2/c1-17(2,21)16-18-13-9-8-12(10-14(13)19-16)15(20)11-6-4-3-5-7-11/h3-10,21H,1-2H3,(H,18,19). The minimum atomic E-state index is -1.04. The topological polar surface area (TPSA) is 66.0 Å². The zero-order valence-corrected chi connectivity index (χ0v) is 11.9. The summed E-state index contributed by atoms with van der Waals surface area (Å²) in [5.74, 6) is 0.457. The normalized spacial score (nSPS) is 11.8. The molecular weight excluding hydrogens is 264 g/mol. The van der Waals surface area contributed by atoms with Crippen LogP contribution in [0.3, 0.4) is 0 Å². The maximum Gasteiger partial charge on any atom is 0.193 e. The van der Waals surface area contributed by atoms with Crippen molar-refractivity contribution in [1.29, 1.82) is 0 Å². The SMILES string of the molecule is CC(C)(O)c1nc2ccc(C(=O)c3ccccc3)cc2[nH]1. The molecule has 1 aromatic heterocycles. The number of nitrogens with one attached hydrogen (secondary N) is 1. The molecule has 0 bridgehead atoms. The average molecular weight is 280 g/mol. The Labute approximate surface area is 122 Å². The lowest BCUT2D eigenvalue weighted by atomic mass is 10.0. The number of benzene rings is 2. The van der Waals surface area contributed by atoms with Gasteiger partial charge in [-0.3, -0.25) is 4.79 Å². The van der Waals surface area contributed by atoms with Crippen LogP contribution < -0.4 is 0 Å². The third-order valence-electron chi connectivity index (χ3n) is 3.36. The van der Waals surface area contributed by atoms with E-state index in [1.54, 1.807) is 44.2 Å². The van der Waals surface area contributed by atoms with Crippen LogP contribution in [0.1, 0.15) is 35.6 Å². The number of rotatable bonds is 3. The van der Waals surface area contributed by atoms with E-state index in [1.165, 1.54) is 0 Å². The highest BCUT2D eigenvalue weighted by Gasteiger charge is 2.20. The molecule has 2 N–H and O–H groups in total. The van der Waals surface area contributed by atoms with Gasteiger partial charge in [-0.15, -0.1) is 0 Å². The number of fused-ring (bicyclic) bond motifs is 1. The van der Waals surface area contributed by atoms with Gasteiger partial charge in [0.15, 0.2) is 5.78 Å². The van der Waals surface area contributed by atoms with Crippen molar-refractivity contribution in [2.75, 3.05) is 0 Å². The van der Waals surface area contributed by atoms with Crippen LogP contribution in [0.4, 0.5) is 0 Å². The summed E-state index contributed by atoms with van der Waals surface area (Å²) < 4.78 is 0. The van der Waals surface area contributed by atoms with E-state index in [9.17, 15) is 9.90 Å². The van der Waals surface area contributed by atoms with Gasteiger partial charge in [-0.05, 0) is 32.0 Å². The average Bonchev–Trinajstić information content (AvgIpc) is 2.90. The van der Waals surface area contributed by atoms with Gasteiger partial charge in [0.05, 0.1) is 11.0 Å². The lowest BCUT2D eigenvalue weighted by Crippen LogP contribution is -2.17. The Kier molecular flexibility index (Phi) is 3.11. The van der Waals surface area contributed by atoms with E-state index in [2.05, 4.69) is 9.97 Å². The van der Waals surface area contributed by atoms with Crippen molar-refractivity contribution in [2.24, 2.45) is 0 Å². The van der Waals surface area contributed by atoms with Gasteiger partial charge in [0.25, 0.3) is 0 Å². The summed E-state index contributed by atoms with van der Waals surface area (Å²) >= 11 is 0. The van der Waals surface area contributed by atoms with Gasteiger partial charge in [-0.25, -0.2) is 4.98 Å². The van der Waals surface area contributed by atoms with E-state index in [0.29, 0.717) is 17.0 Å². The van der Waals surface area contributed by atoms with Crippen molar-refractivity contribution in [3.8, 4) is 0 Å². The fourth-order valence-corrected chi connectivity index (χ4v) is 2.20. The number of nitrogens with zero attached hydrogens (tertiary/aromatic N) is 1. The van der Waals surface area contributed by atoms with Crippen molar-refractivity contribution >= 4 is 16.8 Å². The molecular formula is C17H16N2O2.